The summed E-state index contributed by atoms with van der Waals surface area (Å²) in [5.74, 6) is 0.168. The number of aromatic nitrogens is 1. The van der Waals surface area contributed by atoms with Gasteiger partial charge in [0.25, 0.3) is 5.91 Å². The summed E-state index contributed by atoms with van der Waals surface area (Å²) in [6.07, 6.45) is 17.6. The van der Waals surface area contributed by atoms with Crippen molar-refractivity contribution < 1.29 is 4.79 Å². The third kappa shape index (κ3) is 4.66. The summed E-state index contributed by atoms with van der Waals surface area (Å²) >= 11 is 1.62. The van der Waals surface area contributed by atoms with Gasteiger partial charge < -0.3 is 4.57 Å². The van der Waals surface area contributed by atoms with Crippen LogP contribution >= 0.6 is 11.8 Å². The minimum atomic E-state index is 0.168. The Morgan fingerprint density at radius 1 is 1.06 bits per heavy atom. The molecule has 0 radical (unpaired) electrons. The van der Waals surface area contributed by atoms with E-state index in [9.17, 15) is 4.79 Å². The molecule has 5 heteroatoms. The molecule has 1 aromatic heterocycles. The van der Waals surface area contributed by atoms with Crippen molar-refractivity contribution in [2.45, 2.75) is 103 Å². The van der Waals surface area contributed by atoms with Gasteiger partial charge in [0.15, 0.2) is 5.17 Å². The summed E-state index contributed by atoms with van der Waals surface area (Å²) in [6, 6.07) is 9.70. The van der Waals surface area contributed by atoms with Gasteiger partial charge in [-0.3, -0.25) is 14.7 Å². The average Bonchev–Trinajstić information content (AvgIpc) is 3.37. The molecule has 2 aromatic rings. The van der Waals surface area contributed by atoms with E-state index in [1.165, 1.54) is 49.4 Å². The first kappa shape index (κ1) is 22.8. The standard InChI is InChI=1S/C28H37N3OS/c1-3-20(2)30-19-21(24-16-10-11-17-25(24)30)18-26-27(32)31(23-14-8-5-9-15-23)28(33-26)29-22-12-6-4-7-13-22/h10-11,16-20,22-23H,3-9,12-15H2,1-2H3. The number of benzene rings is 1. The highest BCUT2D eigenvalue weighted by Gasteiger charge is 2.39. The highest BCUT2D eigenvalue weighted by atomic mass is 32.2. The highest BCUT2D eigenvalue weighted by molar-refractivity contribution is 8.18. The number of hydrogen-bond donors (Lipinski definition) is 0. The van der Waals surface area contributed by atoms with E-state index in [0.717, 1.165) is 47.7 Å². The van der Waals surface area contributed by atoms with Gasteiger partial charge in [-0.2, -0.15) is 0 Å². The molecule has 0 bridgehead atoms. The molecule has 0 spiro atoms. The molecule has 3 aliphatic rings. The zero-order valence-electron chi connectivity index (χ0n) is 20.1. The van der Waals surface area contributed by atoms with Gasteiger partial charge in [0.1, 0.15) is 0 Å². The number of carbonyl (C=O) groups is 1. The molecule has 2 saturated carbocycles. The Morgan fingerprint density at radius 2 is 1.76 bits per heavy atom. The van der Waals surface area contributed by atoms with Crippen LogP contribution < -0.4 is 0 Å². The maximum absolute atomic E-state index is 13.7. The lowest BCUT2D eigenvalue weighted by Gasteiger charge is -2.31. The van der Waals surface area contributed by atoms with Crippen LogP contribution in [-0.4, -0.2) is 32.6 Å². The van der Waals surface area contributed by atoms with Crippen molar-refractivity contribution in [3.8, 4) is 0 Å². The number of para-hydroxylation sites is 1. The molecule has 1 amide bonds. The van der Waals surface area contributed by atoms with Gasteiger partial charge in [-0.25, -0.2) is 0 Å². The van der Waals surface area contributed by atoms with Crippen LogP contribution in [0.2, 0.25) is 0 Å². The quantitative estimate of drug-likeness (QED) is 0.429. The molecule has 3 fully saturated rings. The van der Waals surface area contributed by atoms with Crippen molar-refractivity contribution >= 4 is 39.8 Å². The monoisotopic (exact) mass is 463 g/mol. The first-order valence-electron chi connectivity index (χ1n) is 13.1. The number of nitrogens with zero attached hydrogens (tertiary/aromatic N) is 3. The van der Waals surface area contributed by atoms with Crippen LogP contribution in [0.5, 0.6) is 0 Å². The van der Waals surface area contributed by atoms with Gasteiger partial charge in [0.2, 0.25) is 0 Å². The van der Waals surface area contributed by atoms with Gasteiger partial charge in [0, 0.05) is 34.7 Å². The molecule has 176 valence electrons. The zero-order valence-corrected chi connectivity index (χ0v) is 20.9. The molecule has 0 N–H and O–H groups in total. The molecule has 2 aliphatic carbocycles. The number of amidine groups is 1. The molecular formula is C28H37N3OS. The van der Waals surface area contributed by atoms with E-state index in [0.29, 0.717) is 18.1 Å². The van der Waals surface area contributed by atoms with E-state index < -0.39 is 0 Å². The van der Waals surface area contributed by atoms with Crippen molar-refractivity contribution in [1.29, 1.82) is 0 Å². The number of hydrogen-bond acceptors (Lipinski definition) is 3. The molecule has 1 aliphatic heterocycles. The molecule has 33 heavy (non-hydrogen) atoms. The summed E-state index contributed by atoms with van der Waals surface area (Å²) in [7, 11) is 0. The second-order valence-electron chi connectivity index (χ2n) is 10.0. The Hall–Kier alpha value is -2.01. The summed E-state index contributed by atoms with van der Waals surface area (Å²) in [4.78, 5) is 21.8. The molecule has 1 aromatic carbocycles. The van der Waals surface area contributed by atoms with Crippen molar-refractivity contribution in [2.75, 3.05) is 0 Å². The molecular weight excluding hydrogens is 426 g/mol. The number of thioether (sulfide) groups is 1. The minimum Gasteiger partial charge on any atom is -0.344 e. The normalized spacial score (nSPS) is 24.4. The fourth-order valence-electron chi connectivity index (χ4n) is 5.65. The summed E-state index contributed by atoms with van der Waals surface area (Å²) < 4.78 is 2.36. The number of aliphatic imine (C=N–C) groups is 1. The first-order valence-corrected chi connectivity index (χ1v) is 13.9. The van der Waals surface area contributed by atoms with Crippen LogP contribution in [0, 0.1) is 0 Å². The largest absolute Gasteiger partial charge is 0.344 e. The maximum atomic E-state index is 13.7. The molecule has 1 atom stereocenters. The van der Waals surface area contributed by atoms with Crippen LogP contribution in [-0.2, 0) is 4.79 Å². The lowest BCUT2D eigenvalue weighted by atomic mass is 9.94. The topological polar surface area (TPSA) is 37.6 Å². The van der Waals surface area contributed by atoms with Crippen LogP contribution in [0.15, 0.2) is 40.4 Å². The van der Waals surface area contributed by atoms with Gasteiger partial charge in [0.05, 0.1) is 10.9 Å². The summed E-state index contributed by atoms with van der Waals surface area (Å²) in [5, 5.41) is 2.19. The number of fused-ring (bicyclic) bond motifs is 1. The zero-order chi connectivity index (χ0) is 22.8. The number of amides is 1. The predicted octanol–water partition coefficient (Wildman–Crippen LogP) is 7.55. The van der Waals surface area contributed by atoms with E-state index in [2.05, 4.69) is 59.9 Å². The third-order valence-electron chi connectivity index (χ3n) is 7.77. The molecule has 2 heterocycles. The van der Waals surface area contributed by atoms with E-state index in [1.54, 1.807) is 11.8 Å². The Balaban J connectivity index is 1.52. The lowest BCUT2D eigenvalue weighted by Crippen LogP contribution is -2.41. The summed E-state index contributed by atoms with van der Waals surface area (Å²) in [5.41, 5.74) is 2.39. The first-order chi connectivity index (χ1) is 16.2. The van der Waals surface area contributed by atoms with Crippen molar-refractivity contribution in [2.24, 2.45) is 4.99 Å². The Kier molecular flexibility index (Phi) is 6.96. The molecule has 1 saturated heterocycles. The van der Waals surface area contributed by atoms with Crippen LogP contribution in [0.25, 0.3) is 17.0 Å². The second kappa shape index (κ2) is 10.1. The van der Waals surface area contributed by atoms with Gasteiger partial charge in [-0.05, 0) is 62.9 Å². The fourth-order valence-corrected chi connectivity index (χ4v) is 6.75. The lowest BCUT2D eigenvalue weighted by molar-refractivity contribution is -0.124. The highest BCUT2D eigenvalue weighted by Crippen LogP contribution is 2.39. The Morgan fingerprint density at radius 3 is 2.48 bits per heavy atom. The molecule has 1 unspecified atom stereocenters. The summed E-state index contributed by atoms with van der Waals surface area (Å²) in [6.45, 7) is 4.49. The van der Waals surface area contributed by atoms with Gasteiger partial charge >= 0.3 is 0 Å². The predicted molar refractivity (Wildman–Crippen MR) is 141 cm³/mol. The average molecular weight is 464 g/mol. The Bertz CT molecular complexity index is 1060. The van der Waals surface area contributed by atoms with Crippen molar-refractivity contribution in [3.05, 3.63) is 40.9 Å². The van der Waals surface area contributed by atoms with E-state index in [1.807, 2.05) is 0 Å². The minimum absolute atomic E-state index is 0.168. The third-order valence-corrected chi connectivity index (χ3v) is 8.77. The Labute approximate surface area is 202 Å². The van der Waals surface area contributed by atoms with Crippen molar-refractivity contribution in [1.82, 2.24) is 9.47 Å². The van der Waals surface area contributed by atoms with Gasteiger partial charge in [-0.15, -0.1) is 0 Å². The maximum Gasteiger partial charge on any atom is 0.267 e. The van der Waals surface area contributed by atoms with Gasteiger partial charge in [-0.1, -0.05) is 63.6 Å². The van der Waals surface area contributed by atoms with Crippen LogP contribution in [0.3, 0.4) is 0 Å². The van der Waals surface area contributed by atoms with E-state index in [-0.39, 0.29) is 5.91 Å². The number of carbonyl (C=O) groups excluding carboxylic acids is 1. The fraction of sp³-hybridized carbons (Fsp3) is 0.571. The van der Waals surface area contributed by atoms with Crippen LogP contribution in [0.4, 0.5) is 0 Å². The SMILES string of the molecule is CCC(C)n1cc(C=C2SC(=NC3CCCCC3)N(C3CCCCC3)C2=O)c2ccccc21. The van der Waals surface area contributed by atoms with E-state index in [4.69, 9.17) is 4.99 Å². The second-order valence-corrected chi connectivity index (χ2v) is 11.1. The van der Waals surface area contributed by atoms with E-state index >= 15 is 0 Å². The number of rotatable bonds is 5. The van der Waals surface area contributed by atoms with Crippen molar-refractivity contribution in [3.63, 3.8) is 0 Å². The van der Waals surface area contributed by atoms with Crippen LogP contribution in [0.1, 0.15) is 96.1 Å². The molecule has 5 rings (SSSR count). The smallest absolute Gasteiger partial charge is 0.267 e. The molecule has 4 nitrogen and oxygen atoms in total.